The molecule has 1 saturated heterocycles. The standard InChI is InChI=1S/C21H26ClN3O4S/c1-29-20-5-3-2-4-18(20)16-24(21(26)17-6-8-19(22)9-7-17)14-15-30(27,28)25-12-10-23-11-13-25/h2-9,23H,10-16H2,1H3. The van der Waals surface area contributed by atoms with Crippen LogP contribution in [0.5, 0.6) is 5.75 Å². The third-order valence-corrected chi connectivity index (χ3v) is 7.12. The molecule has 0 saturated carbocycles. The topological polar surface area (TPSA) is 79.0 Å². The largest absolute Gasteiger partial charge is 0.496 e. The van der Waals surface area contributed by atoms with E-state index in [0.29, 0.717) is 42.5 Å². The summed E-state index contributed by atoms with van der Waals surface area (Å²) >= 11 is 5.94. The van der Waals surface area contributed by atoms with Gasteiger partial charge in [-0.3, -0.25) is 4.79 Å². The van der Waals surface area contributed by atoms with E-state index in [1.165, 1.54) is 4.31 Å². The second-order valence-corrected chi connectivity index (χ2v) is 9.54. The predicted molar refractivity (Wildman–Crippen MR) is 117 cm³/mol. The molecule has 9 heteroatoms. The van der Waals surface area contributed by atoms with Crippen molar-refractivity contribution in [3.05, 3.63) is 64.7 Å². The number of methoxy groups -OCH3 is 1. The summed E-state index contributed by atoms with van der Waals surface area (Å²) in [6.07, 6.45) is 0. The summed E-state index contributed by atoms with van der Waals surface area (Å²) in [5.41, 5.74) is 1.26. The molecule has 1 aliphatic rings. The van der Waals surface area contributed by atoms with Gasteiger partial charge in [0.25, 0.3) is 5.91 Å². The van der Waals surface area contributed by atoms with Crippen molar-refractivity contribution in [3.8, 4) is 5.75 Å². The highest BCUT2D eigenvalue weighted by Crippen LogP contribution is 2.21. The van der Waals surface area contributed by atoms with Gasteiger partial charge in [0.1, 0.15) is 5.75 Å². The van der Waals surface area contributed by atoms with Crippen LogP contribution in [-0.4, -0.2) is 69.1 Å². The minimum Gasteiger partial charge on any atom is -0.496 e. The molecule has 0 radical (unpaired) electrons. The number of nitrogens with one attached hydrogen (secondary N) is 1. The lowest BCUT2D eigenvalue weighted by molar-refractivity contribution is 0.0752. The molecule has 0 bridgehead atoms. The number of rotatable bonds is 8. The molecule has 2 aromatic rings. The SMILES string of the molecule is COc1ccccc1CN(CCS(=O)(=O)N1CCNCC1)C(=O)c1ccc(Cl)cc1. The number of nitrogens with zero attached hydrogens (tertiary/aromatic N) is 2. The molecule has 162 valence electrons. The van der Waals surface area contributed by atoms with Crippen LogP contribution in [0.2, 0.25) is 5.02 Å². The molecule has 0 aliphatic carbocycles. The molecular formula is C21H26ClN3O4S. The first-order valence-electron chi connectivity index (χ1n) is 9.76. The molecule has 1 heterocycles. The lowest BCUT2D eigenvalue weighted by atomic mass is 10.1. The predicted octanol–water partition coefficient (Wildman–Crippen LogP) is 2.23. The van der Waals surface area contributed by atoms with Crippen molar-refractivity contribution in [1.29, 1.82) is 0 Å². The number of carbonyl (C=O) groups excluding carboxylic acids is 1. The monoisotopic (exact) mass is 451 g/mol. The zero-order chi connectivity index (χ0) is 21.6. The fourth-order valence-corrected chi connectivity index (χ4v) is 4.92. The molecule has 2 aromatic carbocycles. The van der Waals surface area contributed by atoms with E-state index in [4.69, 9.17) is 16.3 Å². The van der Waals surface area contributed by atoms with Crippen LogP contribution in [0.3, 0.4) is 0 Å². The quantitative estimate of drug-likeness (QED) is 0.665. The Labute approximate surface area is 182 Å². The summed E-state index contributed by atoms with van der Waals surface area (Å²) in [5, 5.41) is 3.68. The van der Waals surface area contributed by atoms with E-state index in [9.17, 15) is 13.2 Å². The van der Waals surface area contributed by atoms with Gasteiger partial charge in [0, 0.05) is 55.4 Å². The smallest absolute Gasteiger partial charge is 0.254 e. The Morgan fingerprint density at radius 2 is 1.80 bits per heavy atom. The molecule has 7 nitrogen and oxygen atoms in total. The average molecular weight is 452 g/mol. The summed E-state index contributed by atoms with van der Waals surface area (Å²) < 4.78 is 32.5. The highest BCUT2D eigenvalue weighted by atomic mass is 35.5. The van der Waals surface area contributed by atoms with Gasteiger partial charge in [0.15, 0.2) is 0 Å². The number of ether oxygens (including phenoxy) is 1. The number of para-hydroxylation sites is 1. The van der Waals surface area contributed by atoms with E-state index in [1.807, 2.05) is 24.3 Å². The van der Waals surface area contributed by atoms with E-state index >= 15 is 0 Å². The maximum Gasteiger partial charge on any atom is 0.254 e. The lowest BCUT2D eigenvalue weighted by Gasteiger charge is -2.29. The summed E-state index contributed by atoms with van der Waals surface area (Å²) in [5.74, 6) is 0.256. The lowest BCUT2D eigenvalue weighted by Crippen LogP contribution is -2.48. The van der Waals surface area contributed by atoms with E-state index in [1.54, 1.807) is 36.3 Å². The molecule has 1 aliphatic heterocycles. The van der Waals surface area contributed by atoms with Gasteiger partial charge < -0.3 is 15.0 Å². The number of benzene rings is 2. The fourth-order valence-electron chi connectivity index (χ4n) is 3.34. The van der Waals surface area contributed by atoms with Crippen LogP contribution in [0, 0.1) is 0 Å². The minimum absolute atomic E-state index is 0.0752. The van der Waals surface area contributed by atoms with Crippen molar-refractivity contribution in [3.63, 3.8) is 0 Å². The van der Waals surface area contributed by atoms with Crippen molar-refractivity contribution in [2.45, 2.75) is 6.54 Å². The molecule has 0 aromatic heterocycles. The molecule has 1 amide bonds. The van der Waals surface area contributed by atoms with Crippen molar-refractivity contribution >= 4 is 27.5 Å². The van der Waals surface area contributed by atoms with E-state index in [-0.39, 0.29) is 24.7 Å². The number of piperazine rings is 1. The molecule has 0 spiro atoms. The minimum atomic E-state index is -3.46. The number of hydrogen-bond acceptors (Lipinski definition) is 5. The van der Waals surface area contributed by atoms with Gasteiger partial charge in [0.05, 0.1) is 12.9 Å². The van der Waals surface area contributed by atoms with Crippen LogP contribution in [-0.2, 0) is 16.6 Å². The first-order valence-corrected chi connectivity index (χ1v) is 11.7. The number of sulfonamides is 1. The third-order valence-electron chi connectivity index (χ3n) is 5.02. The molecule has 3 rings (SSSR count). The van der Waals surface area contributed by atoms with Gasteiger partial charge in [-0.1, -0.05) is 29.8 Å². The van der Waals surface area contributed by atoms with Crippen LogP contribution in [0.25, 0.3) is 0 Å². The average Bonchev–Trinajstić information content (AvgIpc) is 2.77. The molecule has 1 fully saturated rings. The number of amides is 1. The summed E-state index contributed by atoms with van der Waals surface area (Å²) in [4.78, 5) is 14.7. The number of halogens is 1. The maximum atomic E-state index is 13.2. The van der Waals surface area contributed by atoms with Gasteiger partial charge in [-0.05, 0) is 30.3 Å². The second-order valence-electron chi connectivity index (χ2n) is 7.01. The first kappa shape index (κ1) is 22.6. The maximum absolute atomic E-state index is 13.2. The second kappa shape index (κ2) is 10.3. The molecule has 0 atom stereocenters. The first-order chi connectivity index (χ1) is 14.4. The number of carbonyl (C=O) groups is 1. The van der Waals surface area contributed by atoms with Gasteiger partial charge >= 0.3 is 0 Å². The Balaban J connectivity index is 1.81. The molecule has 0 unspecified atom stereocenters. The Morgan fingerprint density at radius 3 is 2.47 bits per heavy atom. The van der Waals surface area contributed by atoms with Crippen molar-refractivity contribution < 1.29 is 17.9 Å². The Morgan fingerprint density at radius 1 is 1.13 bits per heavy atom. The van der Waals surface area contributed by atoms with Crippen LogP contribution in [0.1, 0.15) is 15.9 Å². The van der Waals surface area contributed by atoms with E-state index in [0.717, 1.165) is 5.56 Å². The molecule has 1 N–H and O–H groups in total. The van der Waals surface area contributed by atoms with E-state index < -0.39 is 10.0 Å². The van der Waals surface area contributed by atoms with Crippen molar-refractivity contribution in [2.24, 2.45) is 0 Å². The van der Waals surface area contributed by atoms with Gasteiger partial charge in [-0.2, -0.15) is 4.31 Å². The van der Waals surface area contributed by atoms with Gasteiger partial charge in [0.2, 0.25) is 10.0 Å². The zero-order valence-electron chi connectivity index (χ0n) is 16.9. The van der Waals surface area contributed by atoms with Gasteiger partial charge in [-0.15, -0.1) is 0 Å². The molecular weight excluding hydrogens is 426 g/mol. The van der Waals surface area contributed by atoms with Crippen LogP contribution < -0.4 is 10.1 Å². The number of hydrogen-bond donors (Lipinski definition) is 1. The Kier molecular flexibility index (Phi) is 7.71. The van der Waals surface area contributed by atoms with Crippen LogP contribution in [0.15, 0.2) is 48.5 Å². The Bertz CT molecular complexity index is 960. The normalized spacial score (nSPS) is 15.0. The third kappa shape index (κ3) is 5.72. The fraction of sp³-hybridized carbons (Fsp3) is 0.381. The zero-order valence-corrected chi connectivity index (χ0v) is 18.5. The molecule has 30 heavy (non-hydrogen) atoms. The summed E-state index contributed by atoms with van der Waals surface area (Å²) in [7, 11) is -1.89. The van der Waals surface area contributed by atoms with E-state index in [2.05, 4.69) is 5.32 Å². The van der Waals surface area contributed by atoms with Crippen LogP contribution in [0.4, 0.5) is 0 Å². The van der Waals surface area contributed by atoms with Crippen molar-refractivity contribution in [1.82, 2.24) is 14.5 Å². The highest BCUT2D eigenvalue weighted by Gasteiger charge is 2.26. The summed E-state index contributed by atoms with van der Waals surface area (Å²) in [6.45, 7) is 2.47. The van der Waals surface area contributed by atoms with Crippen LogP contribution >= 0.6 is 11.6 Å². The Hall–Kier alpha value is -2.13. The van der Waals surface area contributed by atoms with Gasteiger partial charge in [-0.25, -0.2) is 8.42 Å². The summed E-state index contributed by atoms with van der Waals surface area (Å²) in [6, 6.07) is 14.0. The van der Waals surface area contributed by atoms with Crippen molar-refractivity contribution in [2.75, 3.05) is 45.6 Å². The highest BCUT2D eigenvalue weighted by molar-refractivity contribution is 7.89.